The molecule has 0 spiro atoms. The highest BCUT2D eigenvalue weighted by Gasteiger charge is 2.20. The van der Waals surface area contributed by atoms with E-state index in [4.69, 9.17) is 4.98 Å². The molecule has 2 aromatic heterocycles. The number of aromatic nitrogens is 3. The number of thiazole rings is 1. The van der Waals surface area contributed by atoms with Crippen LogP contribution in [0.1, 0.15) is 23.1 Å². The summed E-state index contributed by atoms with van der Waals surface area (Å²) in [5.41, 5.74) is 4.82. The van der Waals surface area contributed by atoms with Crippen molar-refractivity contribution in [3.05, 3.63) is 107 Å². The molecule has 2 heterocycles. The Morgan fingerprint density at radius 3 is 2.41 bits per heavy atom. The lowest BCUT2D eigenvalue weighted by Crippen LogP contribution is -2.32. The molecular weight excluding hydrogens is 416 g/mol. The highest BCUT2D eigenvalue weighted by molar-refractivity contribution is 7.13. The van der Waals surface area contributed by atoms with Crippen LogP contribution in [0.5, 0.6) is 0 Å². The Hall–Kier alpha value is -3.77. The van der Waals surface area contributed by atoms with Gasteiger partial charge in [-0.05, 0) is 24.1 Å². The number of benzene rings is 3. The van der Waals surface area contributed by atoms with Crippen LogP contribution < -0.4 is 5.32 Å². The van der Waals surface area contributed by atoms with Gasteiger partial charge >= 0.3 is 0 Å². The number of amides is 1. The molecule has 32 heavy (non-hydrogen) atoms. The summed E-state index contributed by atoms with van der Waals surface area (Å²) in [4.78, 5) is 25.7. The summed E-state index contributed by atoms with van der Waals surface area (Å²) < 4.78 is 0. The van der Waals surface area contributed by atoms with Crippen LogP contribution in [0.25, 0.3) is 21.6 Å². The van der Waals surface area contributed by atoms with E-state index in [0.29, 0.717) is 6.42 Å². The highest BCUT2D eigenvalue weighted by atomic mass is 32.1. The van der Waals surface area contributed by atoms with Crippen molar-refractivity contribution in [2.45, 2.75) is 18.9 Å². The van der Waals surface area contributed by atoms with Crippen molar-refractivity contribution in [2.75, 3.05) is 0 Å². The number of H-pyrrole nitrogens is 1. The third-order valence-electron chi connectivity index (χ3n) is 5.27. The first-order chi connectivity index (χ1) is 15.7. The van der Waals surface area contributed by atoms with Crippen LogP contribution in [-0.2, 0) is 17.6 Å². The lowest BCUT2D eigenvalue weighted by molar-refractivity contribution is -0.121. The number of carbonyl (C=O) groups is 1. The zero-order chi connectivity index (χ0) is 21.8. The van der Waals surface area contributed by atoms with Gasteiger partial charge in [0.2, 0.25) is 5.91 Å². The van der Waals surface area contributed by atoms with E-state index in [1.54, 1.807) is 11.3 Å². The number of imidazole rings is 1. The van der Waals surface area contributed by atoms with Gasteiger partial charge in [0.15, 0.2) is 0 Å². The standard InChI is InChI=1S/C26H22N4OS/c31-24(16-20-17-32-26(27-20)19-11-5-2-6-12-19)28-23(15-18-9-3-1-4-10-18)25-29-21-13-7-8-14-22(21)30-25/h1-14,17,23H,15-16H2,(H,28,31)(H,29,30). The van der Waals surface area contributed by atoms with Crippen molar-refractivity contribution in [1.82, 2.24) is 20.3 Å². The average Bonchev–Trinajstić information content (AvgIpc) is 3.47. The summed E-state index contributed by atoms with van der Waals surface area (Å²) in [7, 11) is 0. The van der Waals surface area contributed by atoms with E-state index in [0.717, 1.165) is 38.7 Å². The fourth-order valence-electron chi connectivity index (χ4n) is 3.71. The maximum Gasteiger partial charge on any atom is 0.226 e. The van der Waals surface area contributed by atoms with E-state index in [2.05, 4.69) is 27.4 Å². The summed E-state index contributed by atoms with van der Waals surface area (Å²) in [6.07, 6.45) is 0.883. The molecule has 0 fully saturated rings. The second-order valence-corrected chi connectivity index (χ2v) is 8.49. The quantitative estimate of drug-likeness (QED) is 0.361. The van der Waals surface area contributed by atoms with Crippen LogP contribution >= 0.6 is 11.3 Å². The third kappa shape index (κ3) is 4.60. The molecule has 0 saturated heterocycles. The molecule has 5 nitrogen and oxygen atoms in total. The van der Waals surface area contributed by atoms with E-state index >= 15 is 0 Å². The number of para-hydroxylation sites is 2. The molecule has 1 atom stereocenters. The lowest BCUT2D eigenvalue weighted by atomic mass is 10.1. The fraction of sp³-hybridized carbons (Fsp3) is 0.115. The molecule has 1 unspecified atom stereocenters. The molecule has 5 rings (SSSR count). The van der Waals surface area contributed by atoms with Crippen LogP contribution in [0.4, 0.5) is 0 Å². The van der Waals surface area contributed by atoms with Gasteiger partial charge in [0.1, 0.15) is 10.8 Å². The van der Waals surface area contributed by atoms with Gasteiger partial charge in [-0.2, -0.15) is 0 Å². The minimum Gasteiger partial charge on any atom is -0.345 e. The molecule has 0 aliphatic heterocycles. The minimum absolute atomic E-state index is 0.0729. The second kappa shape index (κ2) is 9.16. The zero-order valence-corrected chi connectivity index (χ0v) is 18.2. The molecule has 0 bridgehead atoms. The summed E-state index contributed by atoms with van der Waals surface area (Å²) in [5, 5.41) is 6.05. The normalized spacial score (nSPS) is 12.0. The molecule has 2 N–H and O–H groups in total. The molecule has 0 aliphatic carbocycles. The Morgan fingerprint density at radius 1 is 0.906 bits per heavy atom. The maximum absolute atomic E-state index is 13.0. The number of hydrogen-bond donors (Lipinski definition) is 2. The number of nitrogens with one attached hydrogen (secondary N) is 2. The Bertz CT molecular complexity index is 1290. The van der Waals surface area contributed by atoms with Crippen molar-refractivity contribution in [2.24, 2.45) is 0 Å². The second-order valence-electron chi connectivity index (χ2n) is 7.64. The molecule has 0 aliphatic rings. The van der Waals surface area contributed by atoms with Crippen LogP contribution in [0, 0.1) is 0 Å². The number of fused-ring (bicyclic) bond motifs is 1. The first-order valence-electron chi connectivity index (χ1n) is 10.5. The Morgan fingerprint density at radius 2 is 1.62 bits per heavy atom. The maximum atomic E-state index is 13.0. The SMILES string of the molecule is O=C(Cc1csc(-c2ccccc2)n1)NC(Cc1ccccc1)c1nc2ccccc2[nH]1. The van der Waals surface area contributed by atoms with Crippen LogP contribution in [0.15, 0.2) is 90.3 Å². The molecular formula is C26H22N4OS. The summed E-state index contributed by atoms with van der Waals surface area (Å²) in [5.74, 6) is 0.683. The van der Waals surface area contributed by atoms with Crippen molar-refractivity contribution < 1.29 is 4.79 Å². The number of carbonyl (C=O) groups excluding carboxylic acids is 1. The van der Waals surface area contributed by atoms with Crippen LogP contribution in [0.2, 0.25) is 0 Å². The largest absolute Gasteiger partial charge is 0.345 e. The number of nitrogens with zero attached hydrogens (tertiary/aromatic N) is 2. The van der Waals surface area contributed by atoms with Crippen molar-refractivity contribution in [3.63, 3.8) is 0 Å². The fourth-order valence-corrected chi connectivity index (χ4v) is 4.54. The van der Waals surface area contributed by atoms with E-state index < -0.39 is 0 Å². The minimum atomic E-state index is -0.260. The summed E-state index contributed by atoms with van der Waals surface area (Å²) in [6.45, 7) is 0. The molecule has 0 radical (unpaired) electrons. The van der Waals surface area contributed by atoms with Gasteiger partial charge in [0.05, 0.1) is 29.2 Å². The van der Waals surface area contributed by atoms with Gasteiger partial charge in [-0.3, -0.25) is 4.79 Å². The predicted molar refractivity (Wildman–Crippen MR) is 128 cm³/mol. The van der Waals surface area contributed by atoms with Crippen LogP contribution in [0.3, 0.4) is 0 Å². The van der Waals surface area contributed by atoms with Gasteiger partial charge in [0, 0.05) is 10.9 Å². The van der Waals surface area contributed by atoms with E-state index in [9.17, 15) is 4.79 Å². The van der Waals surface area contributed by atoms with Gasteiger partial charge in [0.25, 0.3) is 0 Å². The number of rotatable bonds is 7. The topological polar surface area (TPSA) is 70.7 Å². The predicted octanol–water partition coefficient (Wildman–Crippen LogP) is 5.33. The van der Waals surface area contributed by atoms with E-state index in [1.165, 1.54) is 0 Å². The Labute approximate surface area is 190 Å². The average molecular weight is 439 g/mol. The van der Waals surface area contributed by atoms with Crippen molar-refractivity contribution >= 4 is 28.3 Å². The first-order valence-corrected chi connectivity index (χ1v) is 11.4. The smallest absolute Gasteiger partial charge is 0.226 e. The molecule has 158 valence electrons. The number of hydrogen-bond acceptors (Lipinski definition) is 4. The van der Waals surface area contributed by atoms with Gasteiger partial charge in [-0.15, -0.1) is 11.3 Å². The first kappa shape index (κ1) is 20.2. The van der Waals surface area contributed by atoms with Gasteiger partial charge in [-0.1, -0.05) is 72.8 Å². The zero-order valence-electron chi connectivity index (χ0n) is 17.4. The Kier molecular flexibility index (Phi) is 5.77. The molecule has 5 aromatic rings. The molecule has 3 aromatic carbocycles. The molecule has 0 saturated carbocycles. The van der Waals surface area contributed by atoms with Crippen molar-refractivity contribution in [1.29, 1.82) is 0 Å². The third-order valence-corrected chi connectivity index (χ3v) is 6.21. The lowest BCUT2D eigenvalue weighted by Gasteiger charge is -2.17. The Balaban J connectivity index is 1.35. The van der Waals surface area contributed by atoms with Crippen LogP contribution in [-0.4, -0.2) is 20.9 Å². The van der Waals surface area contributed by atoms with Gasteiger partial charge in [-0.25, -0.2) is 9.97 Å². The van der Waals surface area contributed by atoms with E-state index in [-0.39, 0.29) is 18.4 Å². The monoisotopic (exact) mass is 438 g/mol. The molecule has 1 amide bonds. The van der Waals surface area contributed by atoms with E-state index in [1.807, 2.05) is 78.2 Å². The molecule has 6 heteroatoms. The van der Waals surface area contributed by atoms with Crippen molar-refractivity contribution in [3.8, 4) is 10.6 Å². The van der Waals surface area contributed by atoms with Gasteiger partial charge < -0.3 is 10.3 Å². The summed E-state index contributed by atoms with van der Waals surface area (Å²) in [6, 6.07) is 27.8. The number of aromatic amines is 1. The summed E-state index contributed by atoms with van der Waals surface area (Å²) >= 11 is 1.56. The highest BCUT2D eigenvalue weighted by Crippen LogP contribution is 2.24.